The molecule has 2 heterocycles. The molecule has 1 aliphatic carbocycles. The third-order valence-corrected chi connectivity index (χ3v) is 5.88. The zero-order valence-electron chi connectivity index (χ0n) is 17.8. The first kappa shape index (κ1) is 20.1. The van der Waals surface area contributed by atoms with Crippen LogP contribution in [0.5, 0.6) is 0 Å². The molecule has 2 amide bonds. The topological polar surface area (TPSA) is 81.7 Å². The van der Waals surface area contributed by atoms with E-state index in [-0.39, 0.29) is 11.8 Å². The van der Waals surface area contributed by atoms with Gasteiger partial charge < -0.3 is 20.0 Å². The Morgan fingerprint density at radius 1 is 1.17 bits per heavy atom. The molecule has 0 spiro atoms. The quantitative estimate of drug-likeness (QED) is 0.837. The van der Waals surface area contributed by atoms with E-state index in [0.717, 1.165) is 30.0 Å². The van der Waals surface area contributed by atoms with Crippen LogP contribution in [-0.4, -0.2) is 60.4 Å². The summed E-state index contributed by atoms with van der Waals surface area (Å²) in [5, 5.41) is 3.23. The molecule has 0 bridgehead atoms. The van der Waals surface area contributed by atoms with Crippen LogP contribution in [-0.2, 0) is 4.79 Å². The molecule has 1 aliphatic heterocycles. The third kappa shape index (κ3) is 3.94. The normalized spacial score (nSPS) is 17.0. The maximum atomic E-state index is 12.4. The molecule has 8 nitrogen and oxygen atoms in total. The first-order valence-corrected chi connectivity index (χ1v) is 10.4. The summed E-state index contributed by atoms with van der Waals surface area (Å²) in [6, 6.07) is 7.67. The van der Waals surface area contributed by atoms with E-state index in [1.807, 2.05) is 12.1 Å². The smallest absolute Gasteiger partial charge is 0.253 e. The van der Waals surface area contributed by atoms with Crippen molar-refractivity contribution in [2.24, 2.45) is 0 Å². The number of aromatic nitrogens is 2. The fourth-order valence-corrected chi connectivity index (χ4v) is 4.15. The Morgan fingerprint density at radius 2 is 1.87 bits per heavy atom. The van der Waals surface area contributed by atoms with Crippen molar-refractivity contribution in [3.63, 3.8) is 0 Å². The van der Waals surface area contributed by atoms with Crippen LogP contribution in [0.25, 0.3) is 0 Å². The molecule has 30 heavy (non-hydrogen) atoms. The minimum Gasteiger partial charge on any atom is -0.351 e. The first-order valence-electron chi connectivity index (χ1n) is 10.4. The van der Waals surface area contributed by atoms with E-state index in [0.29, 0.717) is 30.5 Å². The fraction of sp³-hybridized carbons (Fsp3) is 0.455. The highest BCUT2D eigenvalue weighted by molar-refractivity contribution is 5.97. The Balaban J connectivity index is 1.61. The standard InChI is InChI=1S/C22H28N6O2/c1-26(2)21(30)15-8-10-16(11-9-15)24-22-23-14-18-20(25-22)28(17-6-4-5-7-17)13-12-19(29)27(18)3/h8-11,14,17H,4-7,12-13H2,1-3H3,(H,23,24,25). The maximum Gasteiger partial charge on any atom is 0.253 e. The van der Waals surface area contributed by atoms with Crippen molar-refractivity contribution in [3.8, 4) is 0 Å². The van der Waals surface area contributed by atoms with Gasteiger partial charge >= 0.3 is 0 Å². The van der Waals surface area contributed by atoms with Crippen LogP contribution in [0.3, 0.4) is 0 Å². The lowest BCUT2D eigenvalue weighted by atomic mass is 10.2. The van der Waals surface area contributed by atoms with Gasteiger partial charge in [-0.1, -0.05) is 12.8 Å². The van der Waals surface area contributed by atoms with E-state index in [2.05, 4.69) is 15.2 Å². The molecule has 1 saturated carbocycles. The molecular weight excluding hydrogens is 380 g/mol. The summed E-state index contributed by atoms with van der Waals surface area (Å²) in [6.45, 7) is 0.679. The van der Waals surface area contributed by atoms with Crippen LogP contribution in [0.15, 0.2) is 30.5 Å². The van der Waals surface area contributed by atoms with Crippen molar-refractivity contribution in [1.29, 1.82) is 0 Å². The number of hydrogen-bond donors (Lipinski definition) is 1. The Kier molecular flexibility index (Phi) is 5.57. The van der Waals surface area contributed by atoms with Gasteiger partial charge in [0.1, 0.15) is 5.69 Å². The highest BCUT2D eigenvalue weighted by Gasteiger charge is 2.31. The van der Waals surface area contributed by atoms with Gasteiger partial charge in [0.25, 0.3) is 5.91 Å². The van der Waals surface area contributed by atoms with Gasteiger partial charge in [0, 0.05) is 51.4 Å². The molecule has 0 atom stereocenters. The lowest BCUT2D eigenvalue weighted by molar-refractivity contribution is -0.118. The maximum absolute atomic E-state index is 12.4. The van der Waals surface area contributed by atoms with E-state index in [1.54, 1.807) is 49.3 Å². The number of fused-ring (bicyclic) bond motifs is 1. The number of carbonyl (C=O) groups is 2. The van der Waals surface area contributed by atoms with Crippen molar-refractivity contribution in [2.75, 3.05) is 42.8 Å². The molecule has 0 unspecified atom stereocenters. The summed E-state index contributed by atoms with van der Waals surface area (Å²) >= 11 is 0. The SMILES string of the molecule is CN(C)C(=O)c1ccc(Nc2ncc3c(n2)N(C2CCCC2)CCC(=O)N3C)cc1. The molecule has 1 fully saturated rings. The van der Waals surface area contributed by atoms with Gasteiger partial charge in [-0.25, -0.2) is 4.98 Å². The first-order chi connectivity index (χ1) is 14.4. The zero-order chi connectivity index (χ0) is 21.3. The number of carbonyl (C=O) groups excluding carboxylic acids is 2. The number of hydrogen-bond acceptors (Lipinski definition) is 6. The lowest BCUT2D eigenvalue weighted by Crippen LogP contribution is -2.34. The molecule has 1 aromatic heterocycles. The largest absolute Gasteiger partial charge is 0.351 e. The van der Waals surface area contributed by atoms with Crippen LogP contribution in [0, 0.1) is 0 Å². The third-order valence-electron chi connectivity index (χ3n) is 5.88. The molecule has 2 aliphatic rings. The summed E-state index contributed by atoms with van der Waals surface area (Å²) in [5.74, 6) is 1.34. The molecule has 0 saturated heterocycles. The second-order valence-electron chi connectivity index (χ2n) is 8.14. The summed E-state index contributed by atoms with van der Waals surface area (Å²) < 4.78 is 0. The Hall–Kier alpha value is -3.16. The van der Waals surface area contributed by atoms with Gasteiger partial charge in [-0.2, -0.15) is 4.98 Å². The predicted octanol–water partition coefficient (Wildman–Crippen LogP) is 3.04. The summed E-state index contributed by atoms with van der Waals surface area (Å²) in [5.41, 5.74) is 2.18. The number of amides is 2. The minimum atomic E-state index is -0.0391. The highest BCUT2D eigenvalue weighted by atomic mass is 16.2. The molecule has 4 rings (SSSR count). The Morgan fingerprint density at radius 3 is 2.53 bits per heavy atom. The average Bonchev–Trinajstić information content (AvgIpc) is 3.24. The predicted molar refractivity (Wildman–Crippen MR) is 117 cm³/mol. The number of anilines is 4. The number of nitrogens with zero attached hydrogens (tertiary/aromatic N) is 5. The van der Waals surface area contributed by atoms with Gasteiger partial charge in [0.15, 0.2) is 5.82 Å². The van der Waals surface area contributed by atoms with Crippen molar-refractivity contribution in [3.05, 3.63) is 36.0 Å². The van der Waals surface area contributed by atoms with Gasteiger partial charge in [-0.05, 0) is 37.1 Å². The fourth-order valence-electron chi connectivity index (χ4n) is 4.15. The average molecular weight is 409 g/mol. The van der Waals surface area contributed by atoms with Gasteiger partial charge in [-0.15, -0.1) is 0 Å². The van der Waals surface area contributed by atoms with Crippen molar-refractivity contribution in [1.82, 2.24) is 14.9 Å². The van der Waals surface area contributed by atoms with Crippen molar-refractivity contribution in [2.45, 2.75) is 38.1 Å². The monoisotopic (exact) mass is 408 g/mol. The lowest BCUT2D eigenvalue weighted by Gasteiger charge is -2.30. The van der Waals surface area contributed by atoms with Crippen LogP contribution in [0.4, 0.5) is 23.1 Å². The Labute approximate surface area is 176 Å². The van der Waals surface area contributed by atoms with Crippen molar-refractivity contribution < 1.29 is 9.59 Å². The summed E-state index contributed by atoms with van der Waals surface area (Å²) in [4.78, 5) is 39.3. The van der Waals surface area contributed by atoms with Crippen molar-refractivity contribution >= 4 is 35.0 Å². The molecule has 1 aromatic carbocycles. The molecular formula is C22H28N6O2. The number of nitrogens with one attached hydrogen (secondary N) is 1. The molecule has 8 heteroatoms. The van der Waals surface area contributed by atoms with E-state index >= 15 is 0 Å². The van der Waals surface area contributed by atoms with E-state index in [9.17, 15) is 9.59 Å². The number of benzene rings is 1. The van der Waals surface area contributed by atoms with E-state index < -0.39 is 0 Å². The highest BCUT2D eigenvalue weighted by Crippen LogP contribution is 2.36. The molecule has 0 radical (unpaired) electrons. The molecule has 2 aromatic rings. The van der Waals surface area contributed by atoms with E-state index in [4.69, 9.17) is 4.98 Å². The summed E-state index contributed by atoms with van der Waals surface area (Å²) in [7, 11) is 5.25. The van der Waals surface area contributed by atoms with Gasteiger partial charge in [0.05, 0.1) is 6.20 Å². The van der Waals surface area contributed by atoms with Crippen LogP contribution in [0.2, 0.25) is 0 Å². The summed E-state index contributed by atoms with van der Waals surface area (Å²) in [6.07, 6.45) is 6.90. The molecule has 1 N–H and O–H groups in total. The number of rotatable bonds is 4. The molecule has 158 valence electrons. The second kappa shape index (κ2) is 8.30. The zero-order valence-corrected chi connectivity index (χ0v) is 17.8. The second-order valence-corrected chi connectivity index (χ2v) is 8.14. The van der Waals surface area contributed by atoms with Gasteiger partial charge in [-0.3, -0.25) is 9.59 Å². The van der Waals surface area contributed by atoms with Crippen LogP contribution >= 0.6 is 0 Å². The van der Waals surface area contributed by atoms with Gasteiger partial charge in [0.2, 0.25) is 11.9 Å². The Bertz CT molecular complexity index is 937. The van der Waals surface area contributed by atoms with E-state index in [1.165, 1.54) is 12.8 Å². The van der Waals surface area contributed by atoms with Crippen LogP contribution in [0.1, 0.15) is 42.5 Å². The van der Waals surface area contributed by atoms with Crippen LogP contribution < -0.4 is 15.1 Å². The minimum absolute atomic E-state index is 0.0391.